The van der Waals surface area contributed by atoms with Crippen LogP contribution in [0.15, 0.2) is 29.4 Å². The van der Waals surface area contributed by atoms with Gasteiger partial charge in [-0.15, -0.1) is 10.2 Å². The molecule has 156 valence electrons. The van der Waals surface area contributed by atoms with E-state index >= 15 is 0 Å². The summed E-state index contributed by atoms with van der Waals surface area (Å²) < 4.78 is 8.02. The number of carbonyl (C=O) groups excluding carboxylic acids is 1. The highest BCUT2D eigenvalue weighted by Crippen LogP contribution is 2.40. The molecule has 0 unspecified atom stereocenters. The second-order valence-corrected chi connectivity index (χ2v) is 9.70. The van der Waals surface area contributed by atoms with E-state index in [9.17, 15) is 4.79 Å². The van der Waals surface area contributed by atoms with Gasteiger partial charge in [0.2, 0.25) is 5.91 Å². The summed E-state index contributed by atoms with van der Waals surface area (Å²) in [5.74, 6) is 2.32. The number of halogens is 1. The molecule has 1 saturated heterocycles. The lowest BCUT2D eigenvalue weighted by molar-refractivity contribution is -0.131. The Hall–Kier alpha value is -1.73. The Morgan fingerprint density at radius 2 is 1.97 bits per heavy atom. The number of para-hydroxylation sites is 1. The van der Waals surface area contributed by atoms with Crippen LogP contribution < -0.4 is 4.74 Å². The molecule has 1 aliphatic heterocycles. The Morgan fingerprint density at radius 1 is 1.24 bits per heavy atom. The van der Waals surface area contributed by atoms with Crippen LogP contribution in [-0.4, -0.2) is 43.9 Å². The molecule has 2 aliphatic rings. The summed E-state index contributed by atoms with van der Waals surface area (Å²) in [5.41, 5.74) is 0. The van der Waals surface area contributed by atoms with E-state index in [1.165, 1.54) is 11.8 Å². The quantitative estimate of drug-likeness (QED) is 0.596. The highest BCUT2D eigenvalue weighted by Gasteiger charge is 2.32. The Morgan fingerprint density at radius 3 is 2.66 bits per heavy atom. The van der Waals surface area contributed by atoms with Gasteiger partial charge in [-0.25, -0.2) is 0 Å². The largest absolute Gasteiger partial charge is 0.484 e. The maximum atomic E-state index is 12.9. The maximum absolute atomic E-state index is 12.9. The number of aromatic nitrogens is 3. The van der Waals surface area contributed by atoms with E-state index in [1.807, 2.05) is 30.0 Å². The van der Waals surface area contributed by atoms with Crippen LogP contribution in [0, 0.1) is 5.92 Å². The lowest BCUT2D eigenvalue weighted by Gasteiger charge is -2.32. The van der Waals surface area contributed by atoms with Crippen molar-refractivity contribution in [3.63, 3.8) is 0 Å². The molecule has 1 saturated carbocycles. The number of ether oxygens (including phenoxy) is 1. The second kappa shape index (κ2) is 8.96. The fraction of sp³-hybridized carbons (Fsp3) is 0.571. The molecule has 6 nitrogen and oxygen atoms in total. The van der Waals surface area contributed by atoms with Gasteiger partial charge in [-0.05, 0) is 50.7 Å². The van der Waals surface area contributed by atoms with Gasteiger partial charge in [-0.1, -0.05) is 42.4 Å². The number of hydrogen-bond donors (Lipinski definition) is 0. The van der Waals surface area contributed by atoms with E-state index in [-0.39, 0.29) is 11.2 Å². The van der Waals surface area contributed by atoms with Crippen molar-refractivity contribution in [1.82, 2.24) is 19.7 Å². The molecule has 0 bridgehead atoms. The average Bonchev–Trinajstić information content (AvgIpc) is 3.48. The van der Waals surface area contributed by atoms with E-state index in [2.05, 4.69) is 21.7 Å². The minimum Gasteiger partial charge on any atom is -0.484 e. The van der Waals surface area contributed by atoms with Crippen LogP contribution in [0.4, 0.5) is 0 Å². The molecule has 1 aromatic heterocycles. The number of carbonyl (C=O) groups is 1. The van der Waals surface area contributed by atoms with Crippen LogP contribution >= 0.6 is 23.4 Å². The standard InChI is InChI=1S/C21H27ClN4O2S/c1-14-9-11-25(12-10-14)20(27)15(2)29-21-24-23-19(26(21)16-7-8-16)13-28-18-6-4-3-5-17(18)22/h3-6,14-16H,7-13H2,1-2H3/t15-/m0/s1. The molecule has 1 aromatic carbocycles. The zero-order chi connectivity index (χ0) is 20.4. The molecule has 8 heteroatoms. The zero-order valence-electron chi connectivity index (χ0n) is 16.9. The highest BCUT2D eigenvalue weighted by atomic mass is 35.5. The molecule has 0 radical (unpaired) electrons. The number of likely N-dealkylation sites (tertiary alicyclic amines) is 1. The van der Waals surface area contributed by atoms with Crippen LogP contribution in [0.1, 0.15) is 51.4 Å². The molecule has 2 aromatic rings. The monoisotopic (exact) mass is 434 g/mol. The first-order chi connectivity index (χ1) is 14.0. The predicted molar refractivity (Wildman–Crippen MR) is 114 cm³/mol. The molecular formula is C21H27ClN4O2S. The maximum Gasteiger partial charge on any atom is 0.235 e. The van der Waals surface area contributed by atoms with Gasteiger partial charge in [0.05, 0.1) is 10.3 Å². The van der Waals surface area contributed by atoms with Gasteiger partial charge in [-0.2, -0.15) is 0 Å². The van der Waals surface area contributed by atoms with Gasteiger partial charge in [-0.3, -0.25) is 9.36 Å². The van der Waals surface area contributed by atoms with Crippen LogP contribution in [0.5, 0.6) is 5.75 Å². The van der Waals surface area contributed by atoms with Crippen molar-refractivity contribution in [2.24, 2.45) is 5.92 Å². The third-order valence-corrected chi connectivity index (χ3v) is 6.92. The zero-order valence-corrected chi connectivity index (χ0v) is 18.5. The minimum atomic E-state index is -0.178. The summed E-state index contributed by atoms with van der Waals surface area (Å²) in [6, 6.07) is 7.81. The van der Waals surface area contributed by atoms with Gasteiger partial charge in [0.1, 0.15) is 12.4 Å². The molecule has 0 spiro atoms. The van der Waals surface area contributed by atoms with Crippen molar-refractivity contribution in [2.75, 3.05) is 13.1 Å². The highest BCUT2D eigenvalue weighted by molar-refractivity contribution is 8.00. The van der Waals surface area contributed by atoms with Gasteiger partial charge in [0, 0.05) is 19.1 Å². The fourth-order valence-corrected chi connectivity index (χ4v) is 4.80. The molecular weight excluding hydrogens is 408 g/mol. The Kier molecular flexibility index (Phi) is 6.35. The molecule has 4 rings (SSSR count). The first-order valence-corrected chi connectivity index (χ1v) is 11.5. The SMILES string of the molecule is CC1CCN(C(=O)[C@H](C)Sc2nnc(COc3ccccc3Cl)n2C2CC2)CC1. The van der Waals surface area contributed by atoms with Gasteiger partial charge in [0.25, 0.3) is 0 Å². The van der Waals surface area contributed by atoms with E-state index in [4.69, 9.17) is 16.3 Å². The second-order valence-electron chi connectivity index (χ2n) is 7.99. The molecule has 2 fully saturated rings. The summed E-state index contributed by atoms with van der Waals surface area (Å²) in [7, 11) is 0. The third kappa shape index (κ3) is 4.89. The minimum absolute atomic E-state index is 0.178. The van der Waals surface area contributed by atoms with Gasteiger partial charge >= 0.3 is 0 Å². The summed E-state index contributed by atoms with van der Waals surface area (Å²) in [5, 5.41) is 9.94. The Labute approximate surface area is 181 Å². The number of amides is 1. The summed E-state index contributed by atoms with van der Waals surface area (Å²) in [6.45, 7) is 6.25. The Balaban J connectivity index is 1.43. The summed E-state index contributed by atoms with van der Waals surface area (Å²) in [6.07, 6.45) is 4.39. The van der Waals surface area contributed by atoms with Crippen molar-refractivity contribution >= 4 is 29.3 Å². The predicted octanol–water partition coefficient (Wildman–Crippen LogP) is 4.58. The van der Waals surface area contributed by atoms with Crippen LogP contribution in [0.2, 0.25) is 5.02 Å². The van der Waals surface area contributed by atoms with Gasteiger partial charge in [0.15, 0.2) is 11.0 Å². The van der Waals surface area contributed by atoms with Crippen LogP contribution in [-0.2, 0) is 11.4 Å². The molecule has 29 heavy (non-hydrogen) atoms. The van der Waals surface area contributed by atoms with E-state index in [1.54, 1.807) is 6.07 Å². The summed E-state index contributed by atoms with van der Waals surface area (Å²) >= 11 is 7.69. The number of piperidine rings is 1. The van der Waals surface area contributed by atoms with Gasteiger partial charge < -0.3 is 9.64 Å². The van der Waals surface area contributed by atoms with E-state index in [0.717, 1.165) is 49.8 Å². The number of hydrogen-bond acceptors (Lipinski definition) is 5. The van der Waals surface area contributed by atoms with Crippen molar-refractivity contribution in [2.45, 2.75) is 62.6 Å². The third-order valence-electron chi connectivity index (χ3n) is 5.57. The lowest BCUT2D eigenvalue weighted by atomic mass is 9.99. The number of thioether (sulfide) groups is 1. The average molecular weight is 435 g/mol. The number of rotatable bonds is 7. The first kappa shape index (κ1) is 20.5. The normalized spacial score (nSPS) is 18.7. The van der Waals surface area contributed by atoms with E-state index in [0.29, 0.717) is 29.3 Å². The Bertz CT molecular complexity index is 862. The fourth-order valence-electron chi connectivity index (χ4n) is 3.58. The topological polar surface area (TPSA) is 60.3 Å². The molecule has 2 heterocycles. The molecule has 0 N–H and O–H groups in total. The van der Waals surface area contributed by atoms with Crippen molar-refractivity contribution in [3.8, 4) is 5.75 Å². The molecule has 1 amide bonds. The number of benzene rings is 1. The number of nitrogens with zero attached hydrogens (tertiary/aromatic N) is 4. The van der Waals surface area contributed by atoms with Crippen molar-refractivity contribution in [1.29, 1.82) is 0 Å². The van der Waals surface area contributed by atoms with Crippen molar-refractivity contribution < 1.29 is 9.53 Å². The lowest BCUT2D eigenvalue weighted by Crippen LogP contribution is -2.41. The van der Waals surface area contributed by atoms with E-state index < -0.39 is 0 Å². The van der Waals surface area contributed by atoms with Crippen LogP contribution in [0.25, 0.3) is 0 Å². The van der Waals surface area contributed by atoms with Crippen LogP contribution in [0.3, 0.4) is 0 Å². The smallest absolute Gasteiger partial charge is 0.235 e. The molecule has 1 atom stereocenters. The first-order valence-electron chi connectivity index (χ1n) is 10.3. The molecule has 1 aliphatic carbocycles. The van der Waals surface area contributed by atoms with Crippen molar-refractivity contribution in [3.05, 3.63) is 35.1 Å². The summed E-state index contributed by atoms with van der Waals surface area (Å²) in [4.78, 5) is 14.9.